The molecule has 2 rings (SSSR count). The fraction of sp³-hybridized carbons (Fsp3) is 0.0667. The van der Waals surface area contributed by atoms with Crippen LogP contribution in [0.1, 0.15) is 22.5 Å². The van der Waals surface area contributed by atoms with Crippen LogP contribution < -0.4 is 0 Å². The van der Waals surface area contributed by atoms with E-state index in [9.17, 15) is 0 Å². The summed E-state index contributed by atoms with van der Waals surface area (Å²) < 4.78 is 0. The van der Waals surface area contributed by atoms with Crippen molar-refractivity contribution in [3.63, 3.8) is 0 Å². The first-order valence-corrected chi connectivity index (χ1v) is 5.40. The van der Waals surface area contributed by atoms with Gasteiger partial charge < -0.3 is 0 Å². The third-order valence-electron chi connectivity index (χ3n) is 2.36. The Bertz CT molecular complexity index is 578. The van der Waals surface area contributed by atoms with E-state index in [4.69, 9.17) is 5.26 Å². The average Bonchev–Trinajstić information content (AvgIpc) is 2.37. The highest BCUT2D eigenvalue weighted by Crippen LogP contribution is 2.10. The Hall–Kier alpha value is -2.40. The Morgan fingerprint density at radius 2 is 1.76 bits per heavy atom. The van der Waals surface area contributed by atoms with Crippen LogP contribution in [0.4, 0.5) is 0 Å². The Morgan fingerprint density at radius 1 is 1.06 bits per heavy atom. The van der Waals surface area contributed by atoms with Crippen molar-refractivity contribution in [3.05, 3.63) is 65.0 Å². The van der Waals surface area contributed by atoms with Crippen LogP contribution >= 0.6 is 0 Å². The maximum absolute atomic E-state index is 8.84. The quantitative estimate of drug-likeness (QED) is 0.777. The van der Waals surface area contributed by atoms with E-state index in [0.717, 1.165) is 16.8 Å². The van der Waals surface area contributed by atoms with E-state index in [-0.39, 0.29) is 0 Å². The molecule has 17 heavy (non-hydrogen) atoms. The zero-order valence-corrected chi connectivity index (χ0v) is 9.59. The van der Waals surface area contributed by atoms with Gasteiger partial charge in [0.05, 0.1) is 0 Å². The zero-order chi connectivity index (χ0) is 12.1. The molecule has 0 fully saturated rings. The lowest BCUT2D eigenvalue weighted by Crippen LogP contribution is -1.87. The van der Waals surface area contributed by atoms with E-state index in [2.05, 4.69) is 11.1 Å². The van der Waals surface area contributed by atoms with Crippen molar-refractivity contribution in [3.8, 4) is 6.07 Å². The summed E-state index contributed by atoms with van der Waals surface area (Å²) in [6, 6.07) is 15.9. The second-order valence-corrected chi connectivity index (χ2v) is 3.78. The van der Waals surface area contributed by atoms with E-state index < -0.39 is 0 Å². The van der Waals surface area contributed by atoms with Gasteiger partial charge in [-0.25, -0.2) is 4.98 Å². The van der Waals surface area contributed by atoms with Gasteiger partial charge in [-0.15, -0.1) is 0 Å². The monoisotopic (exact) mass is 220 g/mol. The molecule has 82 valence electrons. The van der Waals surface area contributed by atoms with Crippen LogP contribution in [-0.4, -0.2) is 4.98 Å². The molecule has 2 nitrogen and oxygen atoms in total. The number of rotatable bonds is 2. The van der Waals surface area contributed by atoms with Gasteiger partial charge >= 0.3 is 0 Å². The molecule has 0 atom stereocenters. The minimum Gasteiger partial charge on any atom is -0.242 e. The number of hydrogen-bond acceptors (Lipinski definition) is 2. The van der Waals surface area contributed by atoms with Gasteiger partial charge in [0.15, 0.2) is 0 Å². The highest BCUT2D eigenvalue weighted by molar-refractivity contribution is 5.69. The van der Waals surface area contributed by atoms with Crippen molar-refractivity contribution in [2.75, 3.05) is 0 Å². The van der Waals surface area contributed by atoms with Crippen LogP contribution in [0.15, 0.2) is 42.5 Å². The molecule has 0 N–H and O–H groups in total. The number of hydrogen-bond donors (Lipinski definition) is 0. The molecule has 0 saturated heterocycles. The topological polar surface area (TPSA) is 36.7 Å². The Morgan fingerprint density at radius 3 is 2.47 bits per heavy atom. The Kier molecular flexibility index (Phi) is 3.32. The fourth-order valence-corrected chi connectivity index (χ4v) is 1.61. The SMILES string of the molecule is Cc1cc(/C=C/c2ccccc2)cc(C#N)n1. The van der Waals surface area contributed by atoms with E-state index in [1.807, 2.05) is 55.5 Å². The summed E-state index contributed by atoms with van der Waals surface area (Å²) in [5.41, 5.74) is 3.45. The van der Waals surface area contributed by atoms with Crippen molar-refractivity contribution in [1.82, 2.24) is 4.98 Å². The largest absolute Gasteiger partial charge is 0.242 e. The maximum atomic E-state index is 8.84. The van der Waals surface area contributed by atoms with Gasteiger partial charge in [0, 0.05) is 5.69 Å². The minimum atomic E-state index is 0.456. The standard InChI is InChI=1S/C15H12N2/c1-12-9-14(10-15(11-16)17-12)8-7-13-5-3-2-4-6-13/h2-10H,1H3/b8-7+. The first-order valence-electron chi connectivity index (χ1n) is 5.40. The molecular formula is C15H12N2. The van der Waals surface area contributed by atoms with Crippen LogP contribution in [-0.2, 0) is 0 Å². The highest BCUT2D eigenvalue weighted by atomic mass is 14.7. The third kappa shape index (κ3) is 3.02. The van der Waals surface area contributed by atoms with Gasteiger partial charge in [-0.3, -0.25) is 0 Å². The van der Waals surface area contributed by atoms with Crippen LogP contribution in [0.3, 0.4) is 0 Å². The van der Waals surface area contributed by atoms with Gasteiger partial charge in [0.1, 0.15) is 11.8 Å². The molecule has 0 aliphatic carbocycles. The molecule has 2 aromatic rings. The number of aryl methyl sites for hydroxylation is 1. The average molecular weight is 220 g/mol. The summed E-state index contributed by atoms with van der Waals surface area (Å²) in [5.74, 6) is 0. The summed E-state index contributed by atoms with van der Waals surface area (Å²) in [6.45, 7) is 1.89. The fourth-order valence-electron chi connectivity index (χ4n) is 1.61. The van der Waals surface area contributed by atoms with E-state index in [1.54, 1.807) is 6.07 Å². The maximum Gasteiger partial charge on any atom is 0.141 e. The molecule has 0 unspecified atom stereocenters. The molecule has 0 amide bonds. The Labute approximate surface area is 101 Å². The summed E-state index contributed by atoms with van der Waals surface area (Å²) in [6.07, 6.45) is 4.01. The van der Waals surface area contributed by atoms with Crippen LogP contribution in [0.2, 0.25) is 0 Å². The molecule has 0 aliphatic rings. The predicted octanol–water partition coefficient (Wildman–Crippen LogP) is 3.43. The lowest BCUT2D eigenvalue weighted by atomic mass is 10.1. The Balaban J connectivity index is 2.28. The first-order chi connectivity index (χ1) is 8.28. The number of pyridine rings is 1. The van der Waals surface area contributed by atoms with Crippen molar-refractivity contribution >= 4 is 12.2 Å². The van der Waals surface area contributed by atoms with Crippen molar-refractivity contribution < 1.29 is 0 Å². The van der Waals surface area contributed by atoms with E-state index >= 15 is 0 Å². The van der Waals surface area contributed by atoms with Crippen molar-refractivity contribution in [2.24, 2.45) is 0 Å². The molecule has 0 saturated carbocycles. The number of benzene rings is 1. The summed E-state index contributed by atoms with van der Waals surface area (Å²) in [5, 5.41) is 8.84. The number of nitrogens with zero attached hydrogens (tertiary/aromatic N) is 2. The second kappa shape index (κ2) is 5.09. The third-order valence-corrected chi connectivity index (χ3v) is 2.36. The summed E-state index contributed by atoms with van der Waals surface area (Å²) in [4.78, 5) is 4.11. The van der Waals surface area contributed by atoms with Crippen LogP contribution in [0.5, 0.6) is 0 Å². The van der Waals surface area contributed by atoms with Crippen molar-refractivity contribution in [1.29, 1.82) is 5.26 Å². The minimum absolute atomic E-state index is 0.456. The van der Waals surface area contributed by atoms with Crippen LogP contribution in [0.25, 0.3) is 12.2 Å². The molecule has 0 aliphatic heterocycles. The van der Waals surface area contributed by atoms with E-state index in [1.165, 1.54) is 0 Å². The molecule has 1 aromatic heterocycles. The smallest absolute Gasteiger partial charge is 0.141 e. The number of nitriles is 1. The molecule has 0 radical (unpaired) electrons. The molecule has 1 aromatic carbocycles. The van der Waals surface area contributed by atoms with Gasteiger partial charge in [0.25, 0.3) is 0 Å². The van der Waals surface area contributed by atoms with Gasteiger partial charge in [0.2, 0.25) is 0 Å². The first kappa shape index (κ1) is 11.1. The predicted molar refractivity (Wildman–Crippen MR) is 69.1 cm³/mol. The second-order valence-electron chi connectivity index (χ2n) is 3.78. The lowest BCUT2D eigenvalue weighted by Gasteiger charge is -1.97. The normalized spacial score (nSPS) is 10.4. The molecule has 0 spiro atoms. The summed E-state index contributed by atoms with van der Waals surface area (Å²) >= 11 is 0. The summed E-state index contributed by atoms with van der Waals surface area (Å²) in [7, 11) is 0. The number of aromatic nitrogens is 1. The highest BCUT2D eigenvalue weighted by Gasteiger charge is 1.96. The van der Waals surface area contributed by atoms with Gasteiger partial charge in [-0.2, -0.15) is 5.26 Å². The molecule has 0 bridgehead atoms. The van der Waals surface area contributed by atoms with E-state index in [0.29, 0.717) is 5.69 Å². The molecule has 1 heterocycles. The molecule has 2 heteroatoms. The molecular weight excluding hydrogens is 208 g/mol. The lowest BCUT2D eigenvalue weighted by molar-refractivity contribution is 1.16. The zero-order valence-electron chi connectivity index (χ0n) is 9.59. The van der Waals surface area contributed by atoms with Gasteiger partial charge in [-0.05, 0) is 30.2 Å². The van der Waals surface area contributed by atoms with Crippen LogP contribution in [0, 0.1) is 18.3 Å². The van der Waals surface area contributed by atoms with Crippen molar-refractivity contribution in [2.45, 2.75) is 6.92 Å². The van der Waals surface area contributed by atoms with Gasteiger partial charge in [-0.1, -0.05) is 42.5 Å².